The smallest absolute Gasteiger partial charge is 0.221 e. The Morgan fingerprint density at radius 3 is 2.60 bits per heavy atom. The van der Waals surface area contributed by atoms with Gasteiger partial charge >= 0.3 is 0 Å². The maximum absolute atomic E-state index is 5.77. The third-order valence-electron chi connectivity index (χ3n) is 2.24. The molecule has 0 unspecified atom stereocenters. The van der Waals surface area contributed by atoms with E-state index in [-0.39, 0.29) is 0 Å². The first-order chi connectivity index (χ1) is 7.19. The van der Waals surface area contributed by atoms with Crippen molar-refractivity contribution < 1.29 is 4.74 Å². The quantitative estimate of drug-likeness (QED) is 0.754. The van der Waals surface area contributed by atoms with Crippen LogP contribution in [0.1, 0.15) is 38.1 Å². The number of unbranched alkanes of at least 4 members (excludes halogenated alkanes) is 1. The lowest BCUT2D eigenvalue weighted by Gasteiger charge is -2.10. The molecule has 0 saturated carbocycles. The molecule has 0 bridgehead atoms. The molecule has 0 amide bonds. The molecule has 4 nitrogen and oxygen atoms in total. The van der Waals surface area contributed by atoms with Crippen LogP contribution in [0, 0.1) is 6.92 Å². The Kier molecular flexibility index (Phi) is 4.34. The third-order valence-corrected chi connectivity index (χ3v) is 2.24. The third kappa shape index (κ3) is 3.08. The first-order valence-electron chi connectivity index (χ1n) is 5.44. The average molecular weight is 209 g/mol. The van der Waals surface area contributed by atoms with Gasteiger partial charge in [-0.05, 0) is 13.3 Å². The van der Waals surface area contributed by atoms with Gasteiger partial charge in [0.25, 0.3) is 0 Å². The van der Waals surface area contributed by atoms with Gasteiger partial charge < -0.3 is 10.5 Å². The minimum absolute atomic E-state index is 0.522. The molecule has 0 atom stereocenters. The van der Waals surface area contributed by atoms with Crippen LogP contribution < -0.4 is 10.5 Å². The summed E-state index contributed by atoms with van der Waals surface area (Å²) in [4.78, 5) is 8.48. The summed E-state index contributed by atoms with van der Waals surface area (Å²) in [6, 6.07) is 0. The first-order valence-corrected chi connectivity index (χ1v) is 5.44. The molecule has 0 aliphatic rings. The number of anilines is 1. The Balaban J connectivity index is 2.80. The molecular formula is C11H19N3O. The van der Waals surface area contributed by atoms with Crippen molar-refractivity contribution in [3.05, 3.63) is 11.4 Å². The highest BCUT2D eigenvalue weighted by Crippen LogP contribution is 2.19. The minimum atomic E-state index is 0.522. The Bertz CT molecular complexity index is 326. The molecule has 4 heteroatoms. The van der Waals surface area contributed by atoms with Crippen LogP contribution in [0.15, 0.2) is 0 Å². The summed E-state index contributed by atoms with van der Waals surface area (Å²) in [5, 5.41) is 0. The highest BCUT2D eigenvalue weighted by atomic mass is 16.5. The molecule has 1 heterocycles. The predicted octanol–water partition coefficient (Wildman–Crippen LogP) is 2.11. The van der Waals surface area contributed by atoms with Crippen molar-refractivity contribution in [1.29, 1.82) is 0 Å². The minimum Gasteiger partial charge on any atom is -0.477 e. The van der Waals surface area contributed by atoms with E-state index in [2.05, 4.69) is 16.9 Å². The van der Waals surface area contributed by atoms with Crippen LogP contribution in [0.25, 0.3) is 0 Å². The molecule has 0 fully saturated rings. The van der Waals surface area contributed by atoms with E-state index in [0.717, 1.165) is 30.7 Å². The van der Waals surface area contributed by atoms with E-state index < -0.39 is 0 Å². The lowest BCUT2D eigenvalue weighted by atomic mass is 10.3. The Hall–Kier alpha value is -1.32. The summed E-state index contributed by atoms with van der Waals surface area (Å²) >= 11 is 0. The second-order valence-electron chi connectivity index (χ2n) is 3.51. The molecule has 0 radical (unpaired) electrons. The average Bonchev–Trinajstić information content (AvgIpc) is 2.24. The van der Waals surface area contributed by atoms with Gasteiger partial charge in [-0.1, -0.05) is 20.3 Å². The van der Waals surface area contributed by atoms with Crippen LogP contribution in [0.4, 0.5) is 5.82 Å². The maximum Gasteiger partial charge on any atom is 0.221 e. The zero-order valence-corrected chi connectivity index (χ0v) is 9.71. The van der Waals surface area contributed by atoms with E-state index in [9.17, 15) is 0 Å². The molecule has 0 spiro atoms. The van der Waals surface area contributed by atoms with Gasteiger partial charge in [0.1, 0.15) is 11.6 Å². The van der Waals surface area contributed by atoms with Crippen molar-refractivity contribution in [1.82, 2.24) is 9.97 Å². The number of nitrogens with two attached hydrogens (primary N) is 1. The van der Waals surface area contributed by atoms with E-state index in [1.807, 2.05) is 13.8 Å². The second kappa shape index (κ2) is 5.53. The fraction of sp³-hybridized carbons (Fsp3) is 0.636. The second-order valence-corrected chi connectivity index (χ2v) is 3.51. The largest absolute Gasteiger partial charge is 0.477 e. The SMILES string of the molecule is CCCCOc1nc(CC)nc(N)c1C. The summed E-state index contributed by atoms with van der Waals surface area (Å²) in [7, 11) is 0. The van der Waals surface area contributed by atoms with Gasteiger partial charge in [0.15, 0.2) is 0 Å². The number of hydrogen-bond acceptors (Lipinski definition) is 4. The fourth-order valence-electron chi connectivity index (χ4n) is 1.17. The van der Waals surface area contributed by atoms with Crippen LogP contribution in [0.2, 0.25) is 0 Å². The van der Waals surface area contributed by atoms with Crippen LogP contribution in [0.5, 0.6) is 5.88 Å². The molecule has 15 heavy (non-hydrogen) atoms. The number of ether oxygens (including phenoxy) is 1. The molecule has 0 aromatic carbocycles. The lowest BCUT2D eigenvalue weighted by Crippen LogP contribution is -2.07. The monoisotopic (exact) mass is 209 g/mol. The number of rotatable bonds is 5. The Morgan fingerprint density at radius 1 is 1.27 bits per heavy atom. The van der Waals surface area contributed by atoms with Crippen molar-refractivity contribution >= 4 is 5.82 Å². The molecule has 84 valence electrons. The van der Waals surface area contributed by atoms with Gasteiger partial charge in [-0.2, -0.15) is 4.98 Å². The molecule has 1 rings (SSSR count). The number of hydrogen-bond donors (Lipinski definition) is 1. The zero-order valence-electron chi connectivity index (χ0n) is 9.71. The number of nitrogens with zero attached hydrogens (tertiary/aromatic N) is 2. The van der Waals surface area contributed by atoms with Crippen LogP contribution in [-0.4, -0.2) is 16.6 Å². The standard InChI is InChI=1S/C11H19N3O/c1-4-6-7-15-11-8(3)10(12)13-9(5-2)14-11/h4-7H2,1-3H3,(H2,12,13,14). The Labute approximate surface area is 90.9 Å². The van der Waals surface area contributed by atoms with E-state index >= 15 is 0 Å². The molecule has 1 aromatic heterocycles. The molecule has 0 saturated heterocycles. The van der Waals surface area contributed by atoms with E-state index in [1.165, 1.54) is 0 Å². The van der Waals surface area contributed by atoms with Crippen LogP contribution in [0.3, 0.4) is 0 Å². The summed E-state index contributed by atoms with van der Waals surface area (Å²) in [5.74, 6) is 1.89. The predicted molar refractivity (Wildman–Crippen MR) is 61.0 cm³/mol. The topological polar surface area (TPSA) is 61.0 Å². The molecule has 2 N–H and O–H groups in total. The van der Waals surface area contributed by atoms with Gasteiger partial charge in [0, 0.05) is 6.42 Å². The molecular weight excluding hydrogens is 190 g/mol. The van der Waals surface area contributed by atoms with E-state index in [4.69, 9.17) is 10.5 Å². The molecule has 0 aliphatic carbocycles. The van der Waals surface area contributed by atoms with Gasteiger partial charge in [-0.25, -0.2) is 4.98 Å². The molecule has 0 aliphatic heterocycles. The summed E-state index contributed by atoms with van der Waals surface area (Å²) in [5.41, 5.74) is 6.61. The first kappa shape index (κ1) is 11.8. The Morgan fingerprint density at radius 2 is 2.00 bits per heavy atom. The van der Waals surface area contributed by atoms with Gasteiger partial charge in [0.05, 0.1) is 12.2 Å². The molecule has 1 aromatic rings. The fourth-order valence-corrected chi connectivity index (χ4v) is 1.17. The van der Waals surface area contributed by atoms with Crippen LogP contribution in [-0.2, 0) is 6.42 Å². The summed E-state index contributed by atoms with van der Waals surface area (Å²) in [6.07, 6.45) is 2.92. The normalized spacial score (nSPS) is 10.3. The highest BCUT2D eigenvalue weighted by molar-refractivity contribution is 5.44. The summed E-state index contributed by atoms with van der Waals surface area (Å²) in [6.45, 7) is 6.70. The van der Waals surface area contributed by atoms with Crippen molar-refractivity contribution in [3.63, 3.8) is 0 Å². The lowest BCUT2D eigenvalue weighted by molar-refractivity contribution is 0.294. The van der Waals surface area contributed by atoms with Crippen molar-refractivity contribution in [2.24, 2.45) is 0 Å². The number of aryl methyl sites for hydroxylation is 1. The zero-order chi connectivity index (χ0) is 11.3. The van der Waals surface area contributed by atoms with Crippen molar-refractivity contribution in [2.45, 2.75) is 40.0 Å². The van der Waals surface area contributed by atoms with E-state index in [0.29, 0.717) is 18.3 Å². The van der Waals surface area contributed by atoms with Gasteiger partial charge in [0.2, 0.25) is 5.88 Å². The van der Waals surface area contributed by atoms with Crippen molar-refractivity contribution in [2.75, 3.05) is 12.3 Å². The number of aromatic nitrogens is 2. The van der Waals surface area contributed by atoms with Gasteiger partial charge in [-0.3, -0.25) is 0 Å². The van der Waals surface area contributed by atoms with Gasteiger partial charge in [-0.15, -0.1) is 0 Å². The summed E-state index contributed by atoms with van der Waals surface area (Å²) < 4.78 is 5.57. The van der Waals surface area contributed by atoms with E-state index in [1.54, 1.807) is 0 Å². The highest BCUT2D eigenvalue weighted by Gasteiger charge is 2.08. The van der Waals surface area contributed by atoms with Crippen LogP contribution >= 0.6 is 0 Å². The maximum atomic E-state index is 5.77. The van der Waals surface area contributed by atoms with Crippen molar-refractivity contribution in [3.8, 4) is 5.88 Å². The number of nitrogen functional groups attached to an aromatic ring is 1.